The number of benzene rings is 1. The maximum absolute atomic E-state index is 13.7. The number of hydrogen-bond acceptors (Lipinski definition) is 2. The molecule has 0 unspecified atom stereocenters. The van der Waals surface area contributed by atoms with E-state index < -0.39 is 0 Å². The van der Waals surface area contributed by atoms with Gasteiger partial charge >= 0.3 is 0 Å². The Morgan fingerprint density at radius 3 is 2.79 bits per heavy atom. The average Bonchev–Trinajstić information content (AvgIpc) is 2.84. The van der Waals surface area contributed by atoms with E-state index in [4.69, 9.17) is 0 Å². The van der Waals surface area contributed by atoms with Gasteiger partial charge in [-0.2, -0.15) is 0 Å². The number of aromatic nitrogens is 3. The van der Waals surface area contributed by atoms with Gasteiger partial charge in [-0.05, 0) is 24.3 Å². The Kier molecular flexibility index (Phi) is 2.78. The summed E-state index contributed by atoms with van der Waals surface area (Å²) in [6.45, 7) is 4.09. The number of hydrogen-bond donors (Lipinski definition) is 1. The first-order valence-corrected chi connectivity index (χ1v) is 6.25. The van der Waals surface area contributed by atoms with Gasteiger partial charge in [0.15, 0.2) is 0 Å². The van der Waals surface area contributed by atoms with Gasteiger partial charge in [0.1, 0.15) is 11.6 Å². The van der Waals surface area contributed by atoms with Crippen LogP contribution in [0.5, 0.6) is 0 Å². The lowest BCUT2D eigenvalue weighted by atomic mass is 10.2. The fraction of sp³-hybridized carbons (Fsp3) is 0.200. The third-order valence-corrected chi connectivity index (χ3v) is 3.08. The molecule has 0 atom stereocenters. The second-order valence-electron chi connectivity index (χ2n) is 4.84. The van der Waals surface area contributed by atoms with Gasteiger partial charge in [0, 0.05) is 23.0 Å². The minimum absolute atomic E-state index is 0.224. The smallest absolute Gasteiger partial charge is 0.132 e. The van der Waals surface area contributed by atoms with Crippen molar-refractivity contribution in [3.8, 4) is 11.4 Å². The third kappa shape index (κ3) is 2.10. The zero-order chi connectivity index (χ0) is 13.4. The molecule has 1 N–H and O–H groups in total. The van der Waals surface area contributed by atoms with Crippen molar-refractivity contribution in [2.24, 2.45) is 0 Å². The van der Waals surface area contributed by atoms with Crippen molar-refractivity contribution in [3.05, 3.63) is 48.2 Å². The molecular formula is C15H14FN3. The summed E-state index contributed by atoms with van der Waals surface area (Å²) in [5.74, 6) is 0.829. The van der Waals surface area contributed by atoms with Crippen molar-refractivity contribution in [2.45, 2.75) is 19.8 Å². The van der Waals surface area contributed by atoms with Crippen LogP contribution in [0.2, 0.25) is 0 Å². The standard InChI is InChI=1S/C15H14FN3/c1-9(2)15-17-7-6-13(19-15)14-8-10-11(16)4-3-5-12(10)18-14/h3-9,18H,1-2H3. The fourth-order valence-electron chi connectivity index (χ4n) is 2.06. The highest BCUT2D eigenvalue weighted by atomic mass is 19.1. The van der Waals surface area contributed by atoms with Crippen molar-refractivity contribution in [2.75, 3.05) is 0 Å². The number of fused-ring (bicyclic) bond motifs is 1. The molecule has 2 heterocycles. The highest BCUT2D eigenvalue weighted by Gasteiger charge is 2.09. The molecule has 0 saturated carbocycles. The van der Waals surface area contributed by atoms with E-state index in [0.29, 0.717) is 5.39 Å². The summed E-state index contributed by atoms with van der Waals surface area (Å²) in [4.78, 5) is 11.9. The minimum atomic E-state index is -0.224. The summed E-state index contributed by atoms with van der Waals surface area (Å²) < 4.78 is 13.7. The molecule has 3 aromatic rings. The van der Waals surface area contributed by atoms with Crippen LogP contribution in [0.4, 0.5) is 4.39 Å². The Morgan fingerprint density at radius 2 is 2.05 bits per heavy atom. The van der Waals surface area contributed by atoms with Crippen LogP contribution < -0.4 is 0 Å². The number of nitrogens with zero attached hydrogens (tertiary/aromatic N) is 2. The molecule has 0 aliphatic carbocycles. The highest BCUT2D eigenvalue weighted by Crippen LogP contribution is 2.25. The molecule has 0 spiro atoms. The summed E-state index contributed by atoms with van der Waals surface area (Å²) in [6.07, 6.45) is 1.74. The molecule has 2 aromatic heterocycles. The van der Waals surface area contributed by atoms with Gasteiger partial charge < -0.3 is 4.98 Å². The van der Waals surface area contributed by atoms with Crippen LogP contribution in [0.15, 0.2) is 36.5 Å². The van der Waals surface area contributed by atoms with Crippen molar-refractivity contribution in [1.29, 1.82) is 0 Å². The molecule has 3 rings (SSSR count). The normalized spacial score (nSPS) is 11.4. The van der Waals surface area contributed by atoms with E-state index in [1.54, 1.807) is 18.3 Å². The first-order valence-electron chi connectivity index (χ1n) is 6.25. The summed E-state index contributed by atoms with van der Waals surface area (Å²) in [5.41, 5.74) is 2.37. The molecule has 1 aromatic carbocycles. The van der Waals surface area contributed by atoms with Crippen LogP contribution >= 0.6 is 0 Å². The molecule has 96 valence electrons. The van der Waals surface area contributed by atoms with Crippen molar-refractivity contribution in [3.63, 3.8) is 0 Å². The Balaban J connectivity index is 2.14. The Morgan fingerprint density at radius 1 is 1.21 bits per heavy atom. The van der Waals surface area contributed by atoms with Gasteiger partial charge in [0.05, 0.1) is 11.4 Å². The van der Waals surface area contributed by atoms with Gasteiger partial charge in [-0.25, -0.2) is 14.4 Å². The molecule has 0 aliphatic heterocycles. The Hall–Kier alpha value is -2.23. The zero-order valence-corrected chi connectivity index (χ0v) is 10.8. The molecule has 0 bridgehead atoms. The summed E-state index contributed by atoms with van der Waals surface area (Å²) in [5, 5.41) is 0.585. The number of nitrogens with one attached hydrogen (secondary N) is 1. The minimum Gasteiger partial charge on any atom is -0.353 e. The van der Waals surface area contributed by atoms with Crippen LogP contribution in [0.25, 0.3) is 22.3 Å². The first-order chi connectivity index (χ1) is 9.15. The summed E-state index contributed by atoms with van der Waals surface area (Å²) in [6, 6.07) is 8.62. The van der Waals surface area contributed by atoms with E-state index in [2.05, 4.69) is 15.0 Å². The third-order valence-electron chi connectivity index (χ3n) is 3.08. The van der Waals surface area contributed by atoms with Crippen molar-refractivity contribution < 1.29 is 4.39 Å². The van der Waals surface area contributed by atoms with E-state index in [-0.39, 0.29) is 11.7 Å². The van der Waals surface area contributed by atoms with Gasteiger partial charge in [-0.3, -0.25) is 0 Å². The van der Waals surface area contributed by atoms with Crippen LogP contribution in [0, 0.1) is 5.82 Å². The maximum Gasteiger partial charge on any atom is 0.132 e. The first kappa shape index (κ1) is 11.8. The average molecular weight is 255 g/mol. The van der Waals surface area contributed by atoms with Gasteiger partial charge in [0.25, 0.3) is 0 Å². The zero-order valence-electron chi connectivity index (χ0n) is 10.8. The van der Waals surface area contributed by atoms with E-state index in [1.807, 2.05) is 26.0 Å². The lowest BCUT2D eigenvalue weighted by Crippen LogP contribution is -1.97. The topological polar surface area (TPSA) is 41.6 Å². The predicted octanol–water partition coefficient (Wildman–Crippen LogP) is 3.89. The molecule has 3 nitrogen and oxygen atoms in total. The maximum atomic E-state index is 13.7. The second kappa shape index (κ2) is 4.46. The lowest BCUT2D eigenvalue weighted by molar-refractivity contribution is 0.640. The number of rotatable bonds is 2. The van der Waals surface area contributed by atoms with E-state index >= 15 is 0 Å². The number of aromatic amines is 1. The molecular weight excluding hydrogens is 241 g/mol. The molecule has 0 saturated heterocycles. The van der Waals surface area contributed by atoms with E-state index in [0.717, 1.165) is 22.7 Å². The van der Waals surface area contributed by atoms with Gasteiger partial charge in [-0.1, -0.05) is 19.9 Å². The quantitative estimate of drug-likeness (QED) is 0.754. The molecule has 4 heteroatoms. The number of halogens is 1. The predicted molar refractivity (Wildman–Crippen MR) is 73.4 cm³/mol. The molecule has 0 radical (unpaired) electrons. The summed E-state index contributed by atoms with van der Waals surface area (Å²) in [7, 11) is 0. The molecule has 0 fully saturated rings. The Labute approximate surface area is 110 Å². The van der Waals surface area contributed by atoms with Gasteiger partial charge in [0.2, 0.25) is 0 Å². The SMILES string of the molecule is CC(C)c1nccc(-c2cc3c(F)cccc3[nH]2)n1. The molecule has 0 amide bonds. The van der Waals surface area contributed by atoms with Crippen LogP contribution in [0.3, 0.4) is 0 Å². The van der Waals surface area contributed by atoms with E-state index in [1.165, 1.54) is 6.07 Å². The molecule has 0 aliphatic rings. The highest BCUT2D eigenvalue weighted by molar-refractivity contribution is 5.85. The van der Waals surface area contributed by atoms with Crippen molar-refractivity contribution >= 4 is 10.9 Å². The molecule has 19 heavy (non-hydrogen) atoms. The van der Waals surface area contributed by atoms with E-state index in [9.17, 15) is 4.39 Å². The van der Waals surface area contributed by atoms with Crippen LogP contribution in [-0.2, 0) is 0 Å². The van der Waals surface area contributed by atoms with Crippen molar-refractivity contribution in [1.82, 2.24) is 15.0 Å². The number of H-pyrrole nitrogens is 1. The largest absolute Gasteiger partial charge is 0.353 e. The Bertz CT molecular complexity index is 731. The van der Waals surface area contributed by atoms with Gasteiger partial charge in [-0.15, -0.1) is 0 Å². The fourth-order valence-corrected chi connectivity index (χ4v) is 2.06. The monoisotopic (exact) mass is 255 g/mol. The van der Waals surface area contributed by atoms with Crippen LogP contribution in [0.1, 0.15) is 25.6 Å². The lowest BCUT2D eigenvalue weighted by Gasteiger charge is -2.04. The van der Waals surface area contributed by atoms with Crippen LogP contribution in [-0.4, -0.2) is 15.0 Å². The second-order valence-corrected chi connectivity index (χ2v) is 4.84. The summed E-state index contributed by atoms with van der Waals surface area (Å²) >= 11 is 0.